The molecule has 4 rings (SSSR count). The number of benzene rings is 3. The van der Waals surface area contributed by atoms with Gasteiger partial charge in [0.15, 0.2) is 0 Å². The summed E-state index contributed by atoms with van der Waals surface area (Å²) in [5.74, 6) is 0. The topological polar surface area (TPSA) is 37.4 Å². The van der Waals surface area contributed by atoms with Gasteiger partial charge in [0.1, 0.15) is 0 Å². The van der Waals surface area contributed by atoms with Gasteiger partial charge in [-0.05, 0) is 55.2 Å². The van der Waals surface area contributed by atoms with Crippen LogP contribution in [0.3, 0.4) is 0 Å². The number of thioether (sulfide) groups is 1. The third-order valence-corrected chi connectivity index (χ3v) is 8.51. The average Bonchev–Trinajstić information content (AvgIpc) is 3.18. The highest BCUT2D eigenvalue weighted by molar-refractivity contribution is 8.00. The highest BCUT2D eigenvalue weighted by atomic mass is 32.2. The molecule has 3 nitrogen and oxygen atoms in total. The van der Waals surface area contributed by atoms with E-state index in [1.54, 1.807) is 30.9 Å². The van der Waals surface area contributed by atoms with E-state index in [4.69, 9.17) is 0 Å². The molecule has 0 radical (unpaired) electrons. The zero-order valence-electron chi connectivity index (χ0n) is 17.2. The van der Waals surface area contributed by atoms with Gasteiger partial charge in [-0.15, -0.1) is 11.8 Å². The number of rotatable bonds is 6. The number of hydrogen-bond donors (Lipinski definition) is 0. The molecule has 0 N–H and O–H groups in total. The molecule has 0 fully saturated rings. The Balaban J connectivity index is 1.77. The number of hydrogen-bond acceptors (Lipinski definition) is 3. The average molecular weight is 436 g/mol. The molecule has 0 heterocycles. The minimum atomic E-state index is -3.64. The first-order valence-corrected chi connectivity index (χ1v) is 12.3. The van der Waals surface area contributed by atoms with E-state index < -0.39 is 10.0 Å². The molecule has 30 heavy (non-hydrogen) atoms. The maximum atomic E-state index is 13.5. The van der Waals surface area contributed by atoms with Crippen LogP contribution in [0.4, 0.5) is 0 Å². The fourth-order valence-corrected chi connectivity index (χ4v) is 6.48. The van der Waals surface area contributed by atoms with Gasteiger partial charge in [0.2, 0.25) is 0 Å². The van der Waals surface area contributed by atoms with E-state index in [1.807, 2.05) is 55.5 Å². The van der Waals surface area contributed by atoms with E-state index in [0.717, 1.165) is 40.1 Å². The van der Waals surface area contributed by atoms with Crippen LogP contribution in [-0.2, 0) is 10.0 Å². The fraction of sp³-hybridized carbons (Fsp3) is 0.200. The summed E-state index contributed by atoms with van der Waals surface area (Å²) in [4.78, 5) is 1.47. The number of aryl methyl sites for hydroxylation is 1. The molecular formula is C25H25NO2S2. The Hall–Kier alpha value is -2.50. The molecule has 0 unspecified atom stereocenters. The molecule has 0 aromatic heterocycles. The molecule has 0 aliphatic heterocycles. The Morgan fingerprint density at radius 2 is 1.47 bits per heavy atom. The minimum absolute atomic E-state index is 0.0767. The first kappa shape index (κ1) is 20.8. The largest absolute Gasteiger partial charge is 0.272 e. The molecule has 154 valence electrons. The van der Waals surface area contributed by atoms with Gasteiger partial charge in [0, 0.05) is 17.6 Å². The Kier molecular flexibility index (Phi) is 6.02. The number of allylic oxidation sites excluding steroid dienone is 1. The van der Waals surface area contributed by atoms with Crippen LogP contribution < -0.4 is 0 Å². The zero-order chi connectivity index (χ0) is 21.1. The lowest BCUT2D eigenvalue weighted by molar-refractivity contribution is 0.519. The van der Waals surface area contributed by atoms with Crippen molar-refractivity contribution in [3.63, 3.8) is 0 Å². The van der Waals surface area contributed by atoms with E-state index in [-0.39, 0.29) is 5.25 Å². The van der Waals surface area contributed by atoms with Crippen molar-refractivity contribution in [3.05, 3.63) is 102 Å². The van der Waals surface area contributed by atoms with Crippen molar-refractivity contribution in [2.24, 2.45) is 0 Å². The predicted molar refractivity (Wildman–Crippen MR) is 125 cm³/mol. The molecule has 3 aromatic carbocycles. The maximum Gasteiger partial charge on any atom is 0.263 e. The highest BCUT2D eigenvalue weighted by Gasteiger charge is 2.35. The van der Waals surface area contributed by atoms with Crippen LogP contribution in [0.15, 0.2) is 100 Å². The molecule has 1 aliphatic carbocycles. The minimum Gasteiger partial charge on any atom is -0.272 e. The van der Waals surface area contributed by atoms with E-state index in [1.165, 1.54) is 4.31 Å². The Bertz CT molecular complexity index is 1140. The molecule has 0 bridgehead atoms. The Labute approximate surface area is 183 Å². The summed E-state index contributed by atoms with van der Waals surface area (Å²) < 4.78 is 28.5. The van der Waals surface area contributed by atoms with Gasteiger partial charge in [-0.2, -0.15) is 0 Å². The van der Waals surface area contributed by atoms with E-state index in [9.17, 15) is 8.42 Å². The van der Waals surface area contributed by atoms with E-state index >= 15 is 0 Å². The number of sulfonamides is 1. The second-order valence-corrected chi connectivity index (χ2v) is 10.7. The van der Waals surface area contributed by atoms with Crippen molar-refractivity contribution in [2.75, 3.05) is 7.05 Å². The van der Waals surface area contributed by atoms with Gasteiger partial charge in [-0.3, -0.25) is 4.31 Å². The van der Waals surface area contributed by atoms with Gasteiger partial charge < -0.3 is 0 Å². The lowest BCUT2D eigenvalue weighted by atomic mass is 10.1. The van der Waals surface area contributed by atoms with Crippen LogP contribution >= 0.6 is 11.8 Å². The van der Waals surface area contributed by atoms with Crippen LogP contribution in [0.1, 0.15) is 24.0 Å². The molecule has 0 saturated heterocycles. The van der Waals surface area contributed by atoms with Crippen LogP contribution in [0.25, 0.3) is 5.57 Å². The lowest BCUT2D eigenvalue weighted by Crippen LogP contribution is -2.30. The van der Waals surface area contributed by atoms with Crippen LogP contribution in [-0.4, -0.2) is 25.0 Å². The Morgan fingerprint density at radius 1 is 0.867 bits per heavy atom. The van der Waals surface area contributed by atoms with Gasteiger partial charge in [0.05, 0.1) is 10.1 Å². The zero-order valence-corrected chi connectivity index (χ0v) is 18.8. The van der Waals surface area contributed by atoms with Crippen molar-refractivity contribution in [2.45, 2.75) is 34.8 Å². The van der Waals surface area contributed by atoms with E-state index in [2.05, 4.69) is 24.3 Å². The molecule has 0 amide bonds. The van der Waals surface area contributed by atoms with Gasteiger partial charge >= 0.3 is 0 Å². The summed E-state index contributed by atoms with van der Waals surface area (Å²) in [6.45, 7) is 1.96. The number of nitrogens with zero attached hydrogens (tertiary/aromatic N) is 1. The van der Waals surface area contributed by atoms with Crippen LogP contribution in [0.5, 0.6) is 0 Å². The second kappa shape index (κ2) is 8.70. The fourth-order valence-electron chi connectivity index (χ4n) is 3.83. The van der Waals surface area contributed by atoms with Crippen LogP contribution in [0, 0.1) is 6.92 Å². The molecular weight excluding hydrogens is 410 g/mol. The molecule has 0 spiro atoms. The summed E-state index contributed by atoms with van der Waals surface area (Å²) >= 11 is 1.74. The molecule has 0 saturated carbocycles. The first-order chi connectivity index (χ1) is 14.5. The summed E-state index contributed by atoms with van der Waals surface area (Å²) in [5.41, 5.74) is 4.13. The molecule has 1 aliphatic rings. The SMILES string of the molecule is Cc1ccc(S(=O)(=O)N(C)C2=C(c3ccccc3)CC[C@@H]2Sc2ccccc2)cc1. The monoisotopic (exact) mass is 435 g/mol. The van der Waals surface area contributed by atoms with Gasteiger partial charge in [0.25, 0.3) is 10.0 Å². The lowest BCUT2D eigenvalue weighted by Gasteiger charge is -2.27. The summed E-state index contributed by atoms with van der Waals surface area (Å²) in [5, 5.41) is 0.0767. The normalized spacial score (nSPS) is 16.7. The predicted octanol–water partition coefficient (Wildman–Crippen LogP) is 5.98. The molecule has 3 aromatic rings. The molecule has 5 heteroatoms. The van der Waals surface area contributed by atoms with Crippen molar-refractivity contribution in [1.82, 2.24) is 4.31 Å². The van der Waals surface area contributed by atoms with Crippen molar-refractivity contribution in [1.29, 1.82) is 0 Å². The van der Waals surface area contributed by atoms with Gasteiger partial charge in [-0.25, -0.2) is 8.42 Å². The standard InChI is InChI=1S/C25H25NO2S2/c1-19-13-15-22(16-14-19)30(27,28)26(2)25-23(20-9-5-3-6-10-20)17-18-24(25)29-21-11-7-4-8-12-21/h3-16,24H,17-18H2,1-2H3/t24-/m0/s1. The second-order valence-electron chi connectivity index (χ2n) is 7.47. The quantitative estimate of drug-likeness (QED) is 0.478. The maximum absolute atomic E-state index is 13.5. The van der Waals surface area contributed by atoms with Gasteiger partial charge in [-0.1, -0.05) is 66.2 Å². The summed E-state index contributed by atoms with van der Waals surface area (Å²) in [6, 6.07) is 27.4. The third kappa shape index (κ3) is 4.18. The summed E-state index contributed by atoms with van der Waals surface area (Å²) in [7, 11) is -1.95. The van der Waals surface area contributed by atoms with Crippen molar-refractivity contribution < 1.29 is 8.42 Å². The Morgan fingerprint density at radius 3 is 2.10 bits per heavy atom. The third-order valence-electron chi connectivity index (χ3n) is 5.43. The first-order valence-electron chi connectivity index (χ1n) is 10.0. The summed E-state index contributed by atoms with van der Waals surface area (Å²) in [6.07, 6.45) is 1.77. The highest BCUT2D eigenvalue weighted by Crippen LogP contribution is 2.45. The van der Waals surface area contributed by atoms with E-state index in [0.29, 0.717) is 4.90 Å². The van der Waals surface area contributed by atoms with Crippen LogP contribution in [0.2, 0.25) is 0 Å². The smallest absolute Gasteiger partial charge is 0.263 e. The van der Waals surface area contributed by atoms with Crippen molar-refractivity contribution >= 4 is 27.4 Å². The van der Waals surface area contributed by atoms with Crippen molar-refractivity contribution in [3.8, 4) is 0 Å². The molecule has 1 atom stereocenters.